The van der Waals surface area contributed by atoms with Crippen LogP contribution in [0.1, 0.15) is 25.3 Å². The summed E-state index contributed by atoms with van der Waals surface area (Å²) < 4.78 is 5.61. The average molecular weight is 232 g/mol. The minimum absolute atomic E-state index is 0.253. The van der Waals surface area contributed by atoms with Crippen molar-refractivity contribution in [2.45, 2.75) is 25.9 Å². The van der Waals surface area contributed by atoms with Gasteiger partial charge in [0, 0.05) is 19.7 Å². The zero-order valence-corrected chi connectivity index (χ0v) is 9.96. The van der Waals surface area contributed by atoms with Crippen LogP contribution in [0.5, 0.6) is 0 Å². The molecule has 1 aliphatic rings. The van der Waals surface area contributed by atoms with E-state index in [-0.39, 0.29) is 6.10 Å². The first-order chi connectivity index (χ1) is 8.35. The predicted octanol–water partition coefficient (Wildman–Crippen LogP) is 1.35. The Kier molecular flexibility index (Phi) is 3.89. The molecule has 0 aliphatic carbocycles. The summed E-state index contributed by atoms with van der Waals surface area (Å²) in [6.07, 6.45) is 4.00. The molecule has 0 radical (unpaired) electrons. The summed E-state index contributed by atoms with van der Waals surface area (Å²) in [7, 11) is 0. The molecule has 1 aromatic rings. The third-order valence-electron chi connectivity index (χ3n) is 2.95. The molecule has 5 nitrogen and oxygen atoms in total. The number of nitrogens with zero attached hydrogens (tertiary/aromatic N) is 4. The second-order valence-electron chi connectivity index (χ2n) is 4.05. The highest BCUT2D eigenvalue weighted by molar-refractivity contribution is 5.52. The van der Waals surface area contributed by atoms with Crippen LogP contribution in [0.25, 0.3) is 0 Å². The van der Waals surface area contributed by atoms with E-state index in [9.17, 15) is 0 Å². The number of likely N-dealkylation sites (N-methyl/N-ethyl adjacent to an activating group) is 1. The quantitative estimate of drug-likeness (QED) is 0.784. The molecule has 5 heteroatoms. The van der Waals surface area contributed by atoms with Crippen LogP contribution in [0, 0.1) is 11.3 Å². The maximum Gasteiger partial charge on any atom is 0.169 e. The van der Waals surface area contributed by atoms with Gasteiger partial charge in [0.1, 0.15) is 6.07 Å². The summed E-state index contributed by atoms with van der Waals surface area (Å²) in [5.41, 5.74) is 0.569. The van der Waals surface area contributed by atoms with Crippen molar-refractivity contribution in [3.63, 3.8) is 0 Å². The van der Waals surface area contributed by atoms with Gasteiger partial charge in [0.15, 0.2) is 5.82 Å². The van der Waals surface area contributed by atoms with Gasteiger partial charge in [0.2, 0.25) is 0 Å². The van der Waals surface area contributed by atoms with E-state index < -0.39 is 0 Å². The molecule has 0 aromatic carbocycles. The lowest BCUT2D eigenvalue weighted by atomic mass is 10.2. The molecule has 0 spiro atoms. The molecule has 1 aliphatic heterocycles. The highest BCUT2D eigenvalue weighted by Gasteiger charge is 2.21. The zero-order chi connectivity index (χ0) is 12.1. The van der Waals surface area contributed by atoms with Crippen molar-refractivity contribution in [2.24, 2.45) is 0 Å². The number of rotatable bonds is 4. The van der Waals surface area contributed by atoms with Crippen LogP contribution in [-0.4, -0.2) is 36.0 Å². The highest BCUT2D eigenvalue weighted by atomic mass is 16.5. The second-order valence-corrected chi connectivity index (χ2v) is 4.05. The lowest BCUT2D eigenvalue weighted by Gasteiger charge is -2.24. The average Bonchev–Trinajstić information content (AvgIpc) is 2.89. The Morgan fingerprint density at radius 2 is 2.53 bits per heavy atom. The van der Waals surface area contributed by atoms with E-state index in [1.54, 1.807) is 12.3 Å². The van der Waals surface area contributed by atoms with Crippen molar-refractivity contribution in [3.05, 3.63) is 17.8 Å². The van der Waals surface area contributed by atoms with Crippen LogP contribution in [0.2, 0.25) is 0 Å². The molecule has 1 aromatic heterocycles. The monoisotopic (exact) mass is 232 g/mol. The number of hydrogen-bond acceptors (Lipinski definition) is 5. The normalized spacial score (nSPS) is 18.9. The molecular formula is C12H16N4O. The van der Waals surface area contributed by atoms with Gasteiger partial charge < -0.3 is 9.64 Å². The van der Waals surface area contributed by atoms with E-state index in [0.29, 0.717) is 11.4 Å². The molecule has 1 saturated heterocycles. The van der Waals surface area contributed by atoms with Gasteiger partial charge in [-0.25, -0.2) is 0 Å². The van der Waals surface area contributed by atoms with Crippen molar-refractivity contribution < 1.29 is 4.74 Å². The second kappa shape index (κ2) is 5.60. The highest BCUT2D eigenvalue weighted by Crippen LogP contribution is 2.19. The van der Waals surface area contributed by atoms with E-state index in [2.05, 4.69) is 21.2 Å². The number of ether oxygens (including phenoxy) is 1. The summed E-state index contributed by atoms with van der Waals surface area (Å²) in [5.74, 6) is 0.660. The van der Waals surface area contributed by atoms with Crippen LogP contribution in [0.15, 0.2) is 12.3 Å². The fraction of sp³-hybridized carbons (Fsp3) is 0.583. The molecule has 0 saturated carbocycles. The summed E-state index contributed by atoms with van der Waals surface area (Å²) in [6, 6.07) is 3.85. The van der Waals surface area contributed by atoms with Crippen LogP contribution >= 0.6 is 0 Å². The Balaban J connectivity index is 2.14. The van der Waals surface area contributed by atoms with E-state index in [1.165, 1.54) is 0 Å². The van der Waals surface area contributed by atoms with Crippen molar-refractivity contribution in [3.8, 4) is 6.07 Å². The number of nitriles is 1. The lowest BCUT2D eigenvalue weighted by molar-refractivity contribution is 0.115. The van der Waals surface area contributed by atoms with Crippen LogP contribution in [0.4, 0.5) is 5.82 Å². The summed E-state index contributed by atoms with van der Waals surface area (Å²) >= 11 is 0. The summed E-state index contributed by atoms with van der Waals surface area (Å²) in [6.45, 7) is 4.47. The van der Waals surface area contributed by atoms with E-state index in [1.807, 2.05) is 6.92 Å². The summed E-state index contributed by atoms with van der Waals surface area (Å²) in [5, 5.41) is 17.0. The van der Waals surface area contributed by atoms with E-state index >= 15 is 0 Å². The lowest BCUT2D eigenvalue weighted by Crippen LogP contribution is -2.33. The smallest absolute Gasteiger partial charge is 0.169 e. The van der Waals surface area contributed by atoms with E-state index in [0.717, 1.165) is 32.5 Å². The number of aromatic nitrogens is 2. The molecule has 0 N–H and O–H groups in total. The zero-order valence-electron chi connectivity index (χ0n) is 9.96. The van der Waals surface area contributed by atoms with Crippen LogP contribution in [0.3, 0.4) is 0 Å². The van der Waals surface area contributed by atoms with Crippen molar-refractivity contribution in [2.75, 3.05) is 24.6 Å². The Labute approximate surface area is 101 Å². The molecule has 1 unspecified atom stereocenters. The molecule has 17 heavy (non-hydrogen) atoms. The van der Waals surface area contributed by atoms with Gasteiger partial charge in [-0.15, -0.1) is 5.10 Å². The number of hydrogen-bond donors (Lipinski definition) is 0. The molecule has 1 atom stereocenters. The Hall–Kier alpha value is -1.67. The maximum atomic E-state index is 9.05. The Morgan fingerprint density at radius 1 is 1.65 bits per heavy atom. The maximum absolute atomic E-state index is 9.05. The topological polar surface area (TPSA) is 62.0 Å². The first-order valence-electron chi connectivity index (χ1n) is 5.93. The van der Waals surface area contributed by atoms with Gasteiger partial charge in [-0.2, -0.15) is 10.4 Å². The molecule has 2 heterocycles. The molecular weight excluding hydrogens is 216 g/mol. The fourth-order valence-electron chi connectivity index (χ4n) is 2.04. The van der Waals surface area contributed by atoms with Gasteiger partial charge in [-0.05, 0) is 25.8 Å². The Morgan fingerprint density at radius 3 is 3.18 bits per heavy atom. The first-order valence-corrected chi connectivity index (χ1v) is 5.93. The summed E-state index contributed by atoms with van der Waals surface area (Å²) in [4.78, 5) is 2.06. The Bertz CT molecular complexity index is 409. The third kappa shape index (κ3) is 2.71. The van der Waals surface area contributed by atoms with Crippen LogP contribution in [-0.2, 0) is 4.74 Å². The van der Waals surface area contributed by atoms with Crippen molar-refractivity contribution in [1.29, 1.82) is 5.26 Å². The number of anilines is 1. The minimum Gasteiger partial charge on any atom is -0.376 e. The van der Waals surface area contributed by atoms with Gasteiger partial charge in [-0.3, -0.25) is 0 Å². The van der Waals surface area contributed by atoms with E-state index in [4.69, 9.17) is 10.00 Å². The van der Waals surface area contributed by atoms with Crippen molar-refractivity contribution >= 4 is 5.82 Å². The molecule has 0 bridgehead atoms. The molecule has 90 valence electrons. The first kappa shape index (κ1) is 11.8. The molecule has 1 fully saturated rings. The van der Waals surface area contributed by atoms with Gasteiger partial charge in [-0.1, -0.05) is 0 Å². The minimum atomic E-state index is 0.253. The fourth-order valence-corrected chi connectivity index (χ4v) is 2.04. The van der Waals surface area contributed by atoms with Gasteiger partial charge >= 0.3 is 0 Å². The standard InChI is InChI=1S/C12H16N4O/c1-2-16(9-11-4-3-7-17-11)12-10(8-13)5-6-14-15-12/h5-6,11H,2-4,7,9H2,1H3. The molecule has 2 rings (SSSR count). The van der Waals surface area contributed by atoms with Crippen molar-refractivity contribution in [1.82, 2.24) is 10.2 Å². The van der Waals surface area contributed by atoms with Gasteiger partial charge in [0.25, 0.3) is 0 Å². The molecule has 0 amide bonds. The van der Waals surface area contributed by atoms with Gasteiger partial charge in [0.05, 0.1) is 17.9 Å². The predicted molar refractivity (Wildman–Crippen MR) is 63.6 cm³/mol. The largest absolute Gasteiger partial charge is 0.376 e. The third-order valence-corrected chi connectivity index (χ3v) is 2.95. The SMILES string of the molecule is CCN(CC1CCCO1)c1nnccc1C#N. The van der Waals surface area contributed by atoms with Crippen LogP contribution < -0.4 is 4.90 Å².